The molecule has 22 heavy (non-hydrogen) atoms. The summed E-state index contributed by atoms with van der Waals surface area (Å²) in [5.74, 6) is 0.318. The Bertz CT molecular complexity index is 711. The number of benzene rings is 1. The summed E-state index contributed by atoms with van der Waals surface area (Å²) in [7, 11) is 1.42. The number of hydrogen-bond donors (Lipinski definition) is 0. The molecule has 1 aromatic heterocycles. The highest BCUT2D eigenvalue weighted by atomic mass is 79.9. The SMILES string of the molecule is COC(=O)c1cn(/C(Br)=C\C2CCCCC2)c2ccccc12. The zero-order chi connectivity index (χ0) is 15.5. The van der Waals surface area contributed by atoms with Crippen LogP contribution in [0.25, 0.3) is 15.5 Å². The smallest absolute Gasteiger partial charge is 0.340 e. The van der Waals surface area contributed by atoms with E-state index < -0.39 is 0 Å². The normalized spacial score (nSPS) is 16.9. The number of fused-ring (bicyclic) bond motifs is 1. The van der Waals surface area contributed by atoms with Gasteiger partial charge in [-0.25, -0.2) is 4.79 Å². The van der Waals surface area contributed by atoms with Gasteiger partial charge >= 0.3 is 5.97 Å². The Morgan fingerprint density at radius 1 is 1.27 bits per heavy atom. The summed E-state index contributed by atoms with van der Waals surface area (Å²) < 4.78 is 7.94. The highest BCUT2D eigenvalue weighted by Crippen LogP contribution is 2.31. The van der Waals surface area contributed by atoms with Gasteiger partial charge in [0.2, 0.25) is 0 Å². The second-order valence-corrected chi connectivity index (χ2v) is 6.62. The van der Waals surface area contributed by atoms with Crippen molar-refractivity contribution in [3.63, 3.8) is 0 Å². The number of carbonyl (C=O) groups excluding carboxylic acids is 1. The molecule has 4 heteroatoms. The summed E-state index contributed by atoms with van der Waals surface area (Å²) >= 11 is 3.70. The van der Waals surface area contributed by atoms with Crippen molar-refractivity contribution in [2.45, 2.75) is 32.1 Å². The molecule has 0 unspecified atom stereocenters. The predicted molar refractivity (Wildman–Crippen MR) is 93.1 cm³/mol. The Morgan fingerprint density at radius 2 is 2.00 bits per heavy atom. The fourth-order valence-corrected chi connectivity index (χ4v) is 3.87. The lowest BCUT2D eigenvalue weighted by Crippen LogP contribution is -2.04. The number of ether oxygens (including phenoxy) is 1. The van der Waals surface area contributed by atoms with Crippen molar-refractivity contribution in [1.29, 1.82) is 0 Å². The van der Waals surface area contributed by atoms with Crippen LogP contribution in [-0.4, -0.2) is 17.6 Å². The summed E-state index contributed by atoms with van der Waals surface area (Å²) in [4.78, 5) is 12.0. The van der Waals surface area contributed by atoms with Crippen LogP contribution in [0, 0.1) is 5.92 Å². The Labute approximate surface area is 139 Å². The van der Waals surface area contributed by atoms with Crippen LogP contribution in [-0.2, 0) is 4.74 Å². The van der Waals surface area contributed by atoms with Gasteiger partial charge in [0.15, 0.2) is 0 Å². The number of allylic oxidation sites excluding steroid dienone is 1. The molecule has 0 atom stereocenters. The van der Waals surface area contributed by atoms with Gasteiger partial charge in [-0.1, -0.05) is 43.5 Å². The summed E-state index contributed by atoms with van der Waals surface area (Å²) in [5, 5.41) is 0.920. The van der Waals surface area contributed by atoms with Crippen LogP contribution in [0.5, 0.6) is 0 Å². The van der Waals surface area contributed by atoms with Crippen LogP contribution in [0.1, 0.15) is 42.5 Å². The maximum atomic E-state index is 12.0. The number of esters is 1. The Balaban J connectivity index is 2.02. The van der Waals surface area contributed by atoms with Gasteiger partial charge in [-0.2, -0.15) is 0 Å². The molecular weight excluding hydrogens is 342 g/mol. The molecule has 2 aromatic rings. The molecule has 0 bridgehead atoms. The van der Waals surface area contributed by atoms with Gasteiger partial charge in [-0.15, -0.1) is 0 Å². The minimum absolute atomic E-state index is 0.298. The van der Waals surface area contributed by atoms with Gasteiger partial charge in [0, 0.05) is 11.6 Å². The van der Waals surface area contributed by atoms with Crippen LogP contribution in [0.2, 0.25) is 0 Å². The number of nitrogens with zero attached hydrogens (tertiary/aromatic N) is 1. The van der Waals surface area contributed by atoms with E-state index in [0.29, 0.717) is 11.5 Å². The molecule has 1 aromatic carbocycles. The molecule has 1 aliphatic rings. The summed E-state index contributed by atoms with van der Waals surface area (Å²) in [6.45, 7) is 0. The van der Waals surface area contributed by atoms with Crippen LogP contribution in [0.15, 0.2) is 36.5 Å². The molecule has 1 aliphatic carbocycles. The number of carbonyl (C=O) groups is 1. The fourth-order valence-electron chi connectivity index (χ4n) is 3.20. The van der Waals surface area contributed by atoms with E-state index in [2.05, 4.69) is 22.0 Å². The Morgan fingerprint density at radius 3 is 2.73 bits per heavy atom. The molecule has 3 rings (SSSR count). The summed E-state index contributed by atoms with van der Waals surface area (Å²) in [5.41, 5.74) is 1.62. The number of hydrogen-bond acceptors (Lipinski definition) is 2. The van der Waals surface area contributed by atoms with Crippen molar-refractivity contribution in [3.05, 3.63) is 42.1 Å². The molecule has 0 amide bonds. The average Bonchev–Trinajstić information content (AvgIpc) is 2.95. The second-order valence-electron chi connectivity index (χ2n) is 5.81. The molecule has 0 saturated heterocycles. The molecule has 116 valence electrons. The van der Waals surface area contributed by atoms with E-state index in [9.17, 15) is 4.79 Å². The molecule has 1 heterocycles. The van der Waals surface area contributed by atoms with Crippen molar-refractivity contribution < 1.29 is 9.53 Å². The fraction of sp³-hybridized carbons (Fsp3) is 0.389. The molecule has 0 spiro atoms. The highest BCUT2D eigenvalue weighted by molar-refractivity contribution is 9.14. The standard InChI is InChI=1S/C18H20BrNO2/c1-22-18(21)15-12-20(16-10-6-5-9-14(15)16)17(19)11-13-7-3-2-4-8-13/h5-6,9-13H,2-4,7-8H2,1H3/b17-11-. The largest absolute Gasteiger partial charge is 0.465 e. The third kappa shape index (κ3) is 2.98. The number of para-hydroxylation sites is 1. The lowest BCUT2D eigenvalue weighted by atomic mass is 9.89. The van der Waals surface area contributed by atoms with E-state index in [1.165, 1.54) is 39.2 Å². The van der Waals surface area contributed by atoms with Gasteiger partial charge in [0.05, 0.1) is 22.8 Å². The van der Waals surface area contributed by atoms with Crippen molar-refractivity contribution in [2.24, 2.45) is 5.92 Å². The topological polar surface area (TPSA) is 31.2 Å². The van der Waals surface area contributed by atoms with E-state index in [-0.39, 0.29) is 5.97 Å². The van der Waals surface area contributed by atoms with Gasteiger partial charge in [-0.05, 0) is 40.8 Å². The van der Waals surface area contributed by atoms with E-state index in [1.54, 1.807) is 0 Å². The van der Waals surface area contributed by atoms with Gasteiger partial charge in [0.25, 0.3) is 0 Å². The predicted octanol–water partition coefficient (Wildman–Crippen LogP) is 5.20. The van der Waals surface area contributed by atoms with Gasteiger partial charge in [0.1, 0.15) is 0 Å². The molecule has 0 aliphatic heterocycles. The maximum Gasteiger partial charge on any atom is 0.340 e. The molecule has 0 N–H and O–H groups in total. The quantitative estimate of drug-likeness (QED) is 0.703. The Kier molecular flexibility index (Phi) is 4.67. The zero-order valence-electron chi connectivity index (χ0n) is 12.7. The van der Waals surface area contributed by atoms with E-state index >= 15 is 0 Å². The van der Waals surface area contributed by atoms with Crippen molar-refractivity contribution >= 4 is 37.4 Å². The van der Waals surface area contributed by atoms with Crippen LogP contribution >= 0.6 is 15.9 Å². The zero-order valence-corrected chi connectivity index (χ0v) is 14.3. The number of methoxy groups -OCH3 is 1. The first kappa shape index (κ1) is 15.3. The molecule has 3 nitrogen and oxygen atoms in total. The molecule has 1 fully saturated rings. The molecule has 0 radical (unpaired) electrons. The van der Waals surface area contributed by atoms with Gasteiger partial charge < -0.3 is 9.30 Å². The third-order valence-electron chi connectivity index (χ3n) is 4.37. The lowest BCUT2D eigenvalue weighted by molar-refractivity contribution is 0.0603. The van der Waals surface area contributed by atoms with Crippen molar-refractivity contribution in [1.82, 2.24) is 4.57 Å². The third-order valence-corrected chi connectivity index (χ3v) is 5.02. The summed E-state index contributed by atoms with van der Waals surface area (Å²) in [6.07, 6.45) is 10.6. The first-order valence-corrected chi connectivity index (χ1v) is 8.56. The summed E-state index contributed by atoms with van der Waals surface area (Å²) in [6, 6.07) is 7.91. The molecule has 1 saturated carbocycles. The second kappa shape index (κ2) is 6.69. The highest BCUT2D eigenvalue weighted by Gasteiger charge is 2.17. The first-order valence-electron chi connectivity index (χ1n) is 7.77. The number of halogens is 1. The maximum absolute atomic E-state index is 12.0. The molecular formula is C18H20BrNO2. The van der Waals surface area contributed by atoms with Crippen LogP contribution < -0.4 is 0 Å². The number of aromatic nitrogens is 1. The minimum Gasteiger partial charge on any atom is -0.465 e. The average molecular weight is 362 g/mol. The lowest BCUT2D eigenvalue weighted by Gasteiger charge is -2.18. The van der Waals surface area contributed by atoms with E-state index in [0.717, 1.165) is 15.5 Å². The Hall–Kier alpha value is -1.55. The van der Waals surface area contributed by atoms with E-state index in [4.69, 9.17) is 4.74 Å². The van der Waals surface area contributed by atoms with Crippen molar-refractivity contribution in [3.8, 4) is 0 Å². The van der Waals surface area contributed by atoms with Crippen molar-refractivity contribution in [2.75, 3.05) is 7.11 Å². The minimum atomic E-state index is -0.298. The first-order chi connectivity index (χ1) is 10.7. The van der Waals surface area contributed by atoms with Gasteiger partial charge in [-0.3, -0.25) is 0 Å². The monoisotopic (exact) mass is 361 g/mol. The number of rotatable bonds is 3. The van der Waals surface area contributed by atoms with E-state index in [1.807, 2.05) is 35.0 Å². The van der Waals surface area contributed by atoms with Crippen LogP contribution in [0.4, 0.5) is 0 Å². The van der Waals surface area contributed by atoms with Crippen LogP contribution in [0.3, 0.4) is 0 Å².